The van der Waals surface area contributed by atoms with Crippen LogP contribution in [-0.2, 0) is 6.42 Å². The van der Waals surface area contributed by atoms with Crippen LogP contribution in [-0.4, -0.2) is 0 Å². The molecule has 0 aromatic heterocycles. The molecule has 88 valence electrons. The summed E-state index contributed by atoms with van der Waals surface area (Å²) in [7, 11) is 0. The molecule has 0 spiro atoms. The van der Waals surface area contributed by atoms with Gasteiger partial charge in [-0.2, -0.15) is 0 Å². The lowest BCUT2D eigenvalue weighted by atomic mass is 9.93. The van der Waals surface area contributed by atoms with E-state index < -0.39 is 0 Å². The molecule has 2 aromatic rings. The van der Waals surface area contributed by atoms with Crippen LogP contribution in [0.25, 0.3) is 0 Å². The molecule has 0 bridgehead atoms. The van der Waals surface area contributed by atoms with Gasteiger partial charge in [-0.3, -0.25) is 0 Å². The lowest BCUT2D eigenvalue weighted by Gasteiger charge is -2.12. The first kappa shape index (κ1) is 12.3. The van der Waals surface area contributed by atoms with E-state index in [-0.39, 0.29) is 11.7 Å². The smallest absolute Gasteiger partial charge is 0.126 e. The Bertz CT molecular complexity index is 491. The zero-order chi connectivity index (χ0) is 12.3. The molecular weight excluding hydrogens is 279 g/mol. The van der Waals surface area contributed by atoms with E-state index in [1.807, 2.05) is 24.3 Å². The lowest BCUT2D eigenvalue weighted by molar-refractivity contribution is 0.587. The van der Waals surface area contributed by atoms with E-state index >= 15 is 0 Å². The molecule has 17 heavy (non-hydrogen) atoms. The third-order valence-electron chi connectivity index (χ3n) is 2.89. The van der Waals surface area contributed by atoms with Gasteiger partial charge in [0, 0.05) is 4.47 Å². The van der Waals surface area contributed by atoms with Gasteiger partial charge in [0.1, 0.15) is 5.82 Å². The minimum atomic E-state index is -0.114. The molecule has 0 amide bonds. The molecule has 0 aliphatic carbocycles. The van der Waals surface area contributed by atoms with Crippen LogP contribution in [0.5, 0.6) is 0 Å². The first-order valence-electron chi connectivity index (χ1n) is 5.65. The van der Waals surface area contributed by atoms with E-state index in [0.717, 1.165) is 16.5 Å². The first-order valence-corrected chi connectivity index (χ1v) is 6.45. The molecule has 0 aliphatic rings. The van der Waals surface area contributed by atoms with Crippen LogP contribution >= 0.6 is 15.9 Å². The summed E-state index contributed by atoms with van der Waals surface area (Å²) < 4.78 is 14.7. The zero-order valence-corrected chi connectivity index (χ0v) is 11.2. The van der Waals surface area contributed by atoms with Gasteiger partial charge in [-0.25, -0.2) is 4.39 Å². The largest absolute Gasteiger partial charge is 0.207 e. The molecule has 1 unspecified atom stereocenters. The molecular formula is C15H14BrF. The molecule has 2 heteroatoms. The maximum Gasteiger partial charge on any atom is 0.126 e. The predicted molar refractivity (Wildman–Crippen MR) is 72.7 cm³/mol. The van der Waals surface area contributed by atoms with Gasteiger partial charge in [0.05, 0.1) is 0 Å². The fraction of sp³-hybridized carbons (Fsp3) is 0.200. The third kappa shape index (κ3) is 3.16. The number of hydrogen-bond donors (Lipinski definition) is 0. The quantitative estimate of drug-likeness (QED) is 0.752. The molecule has 2 aromatic carbocycles. The van der Waals surface area contributed by atoms with Crippen molar-refractivity contribution in [3.05, 3.63) is 69.9 Å². The Hall–Kier alpha value is -1.15. The van der Waals surface area contributed by atoms with Crippen LogP contribution < -0.4 is 0 Å². The average Bonchev–Trinajstić information content (AvgIpc) is 2.32. The van der Waals surface area contributed by atoms with Gasteiger partial charge >= 0.3 is 0 Å². The maximum atomic E-state index is 13.6. The highest BCUT2D eigenvalue weighted by Crippen LogP contribution is 2.23. The molecule has 1 atom stereocenters. The van der Waals surface area contributed by atoms with E-state index in [2.05, 4.69) is 35.0 Å². The topological polar surface area (TPSA) is 0 Å². The first-order chi connectivity index (χ1) is 8.16. The molecule has 0 saturated heterocycles. The highest BCUT2D eigenvalue weighted by atomic mass is 79.9. The summed E-state index contributed by atoms with van der Waals surface area (Å²) in [6.45, 7) is 2.06. The maximum absolute atomic E-state index is 13.6. The van der Waals surface area contributed by atoms with Gasteiger partial charge < -0.3 is 0 Å². The summed E-state index contributed by atoms with van der Waals surface area (Å²) >= 11 is 3.41. The van der Waals surface area contributed by atoms with Crippen molar-refractivity contribution in [1.82, 2.24) is 0 Å². The van der Waals surface area contributed by atoms with Gasteiger partial charge in [-0.1, -0.05) is 53.2 Å². The zero-order valence-electron chi connectivity index (χ0n) is 9.66. The number of benzene rings is 2. The fourth-order valence-electron chi connectivity index (χ4n) is 1.96. The van der Waals surface area contributed by atoms with Crippen molar-refractivity contribution in [2.24, 2.45) is 0 Å². The number of rotatable bonds is 3. The Balaban J connectivity index is 2.14. The van der Waals surface area contributed by atoms with Crippen molar-refractivity contribution in [2.75, 3.05) is 0 Å². The highest BCUT2D eigenvalue weighted by Gasteiger charge is 2.10. The molecule has 0 nitrogen and oxygen atoms in total. The van der Waals surface area contributed by atoms with Crippen LogP contribution in [0.4, 0.5) is 4.39 Å². The van der Waals surface area contributed by atoms with Crippen LogP contribution in [0, 0.1) is 5.82 Å². The second kappa shape index (κ2) is 5.46. The number of hydrogen-bond acceptors (Lipinski definition) is 0. The van der Waals surface area contributed by atoms with Gasteiger partial charge in [-0.15, -0.1) is 0 Å². The van der Waals surface area contributed by atoms with Crippen molar-refractivity contribution in [2.45, 2.75) is 19.3 Å². The Morgan fingerprint density at radius 3 is 2.35 bits per heavy atom. The summed E-state index contributed by atoms with van der Waals surface area (Å²) in [4.78, 5) is 0. The summed E-state index contributed by atoms with van der Waals surface area (Å²) in [5.41, 5.74) is 2.01. The lowest BCUT2D eigenvalue weighted by Crippen LogP contribution is -2.01. The molecule has 2 rings (SSSR count). The van der Waals surface area contributed by atoms with Crippen LogP contribution in [0.2, 0.25) is 0 Å². The van der Waals surface area contributed by atoms with E-state index in [4.69, 9.17) is 0 Å². The average molecular weight is 293 g/mol. The van der Waals surface area contributed by atoms with E-state index in [0.29, 0.717) is 0 Å². The molecule has 0 heterocycles. The fourth-order valence-corrected chi connectivity index (χ4v) is 2.22. The second-order valence-corrected chi connectivity index (χ2v) is 5.17. The van der Waals surface area contributed by atoms with Crippen molar-refractivity contribution in [3.63, 3.8) is 0 Å². The van der Waals surface area contributed by atoms with Crippen molar-refractivity contribution in [1.29, 1.82) is 0 Å². The van der Waals surface area contributed by atoms with Gasteiger partial charge in [-0.05, 0) is 41.7 Å². The Kier molecular flexibility index (Phi) is 3.95. The predicted octanol–water partition coefficient (Wildman–Crippen LogP) is 4.93. The standard InChI is InChI=1S/C15H14BrF/c1-11(14-4-2-3-5-15(14)17)10-12-6-8-13(16)9-7-12/h2-9,11H,10H2,1H3. The summed E-state index contributed by atoms with van der Waals surface area (Å²) in [6.07, 6.45) is 0.855. The normalized spacial score (nSPS) is 12.4. The minimum absolute atomic E-state index is 0.114. The van der Waals surface area contributed by atoms with Crippen molar-refractivity contribution < 1.29 is 4.39 Å². The van der Waals surface area contributed by atoms with E-state index in [9.17, 15) is 4.39 Å². The van der Waals surface area contributed by atoms with Crippen LogP contribution in [0.3, 0.4) is 0 Å². The van der Waals surface area contributed by atoms with E-state index in [1.54, 1.807) is 6.07 Å². The van der Waals surface area contributed by atoms with Crippen LogP contribution in [0.15, 0.2) is 53.0 Å². The van der Waals surface area contributed by atoms with Gasteiger partial charge in [0.25, 0.3) is 0 Å². The van der Waals surface area contributed by atoms with Gasteiger partial charge in [0.2, 0.25) is 0 Å². The molecule has 0 aliphatic heterocycles. The molecule has 0 saturated carbocycles. The monoisotopic (exact) mass is 292 g/mol. The summed E-state index contributed by atoms with van der Waals surface area (Å²) in [5.74, 6) is 0.0782. The highest BCUT2D eigenvalue weighted by molar-refractivity contribution is 9.10. The molecule has 0 fully saturated rings. The molecule has 0 N–H and O–H groups in total. The van der Waals surface area contributed by atoms with Crippen molar-refractivity contribution >= 4 is 15.9 Å². The number of halogens is 2. The van der Waals surface area contributed by atoms with E-state index in [1.165, 1.54) is 11.6 Å². The summed E-state index contributed by atoms with van der Waals surface area (Å²) in [6, 6.07) is 15.2. The van der Waals surface area contributed by atoms with Crippen molar-refractivity contribution in [3.8, 4) is 0 Å². The SMILES string of the molecule is CC(Cc1ccc(Br)cc1)c1ccccc1F. The Morgan fingerprint density at radius 1 is 1.06 bits per heavy atom. The van der Waals surface area contributed by atoms with Gasteiger partial charge in [0.15, 0.2) is 0 Å². The minimum Gasteiger partial charge on any atom is -0.207 e. The third-order valence-corrected chi connectivity index (χ3v) is 3.42. The molecule has 0 radical (unpaired) electrons. The Morgan fingerprint density at radius 2 is 1.71 bits per heavy atom. The van der Waals surface area contributed by atoms with Crippen LogP contribution in [0.1, 0.15) is 24.0 Å². The summed E-state index contributed by atoms with van der Waals surface area (Å²) in [5, 5.41) is 0. The Labute approximate surface area is 110 Å². The second-order valence-electron chi connectivity index (χ2n) is 4.25.